The maximum absolute atomic E-state index is 13.2. The Bertz CT molecular complexity index is 788. The minimum absolute atomic E-state index is 0.0158. The van der Waals surface area contributed by atoms with E-state index in [1.165, 1.54) is 17.3 Å². The van der Waals surface area contributed by atoms with Gasteiger partial charge in [-0.15, -0.1) is 0 Å². The van der Waals surface area contributed by atoms with E-state index in [9.17, 15) is 9.59 Å². The number of amides is 2. The highest BCUT2D eigenvalue weighted by atomic mass is 16.2. The molecule has 0 bridgehead atoms. The predicted octanol–water partition coefficient (Wildman–Crippen LogP) is 1.98. The third kappa shape index (κ3) is 2.81. The van der Waals surface area contributed by atoms with E-state index in [0.29, 0.717) is 17.8 Å². The second-order valence-electron chi connectivity index (χ2n) is 6.98. The summed E-state index contributed by atoms with van der Waals surface area (Å²) in [4.78, 5) is 26.8. The van der Waals surface area contributed by atoms with Crippen LogP contribution in [0.3, 0.4) is 0 Å². The molecule has 1 saturated heterocycles. The van der Waals surface area contributed by atoms with Crippen LogP contribution in [0.15, 0.2) is 30.5 Å². The largest absolute Gasteiger partial charge is 0.365 e. The van der Waals surface area contributed by atoms with Gasteiger partial charge >= 0.3 is 0 Å². The number of likely N-dealkylation sites (tertiary alicyclic amines) is 1. The predicted molar refractivity (Wildman–Crippen MR) is 92.8 cm³/mol. The third-order valence-corrected chi connectivity index (χ3v) is 5.45. The first-order valence-corrected chi connectivity index (χ1v) is 8.85. The van der Waals surface area contributed by atoms with Gasteiger partial charge in [0.25, 0.3) is 5.91 Å². The Kier molecular flexibility index (Phi) is 4.03. The van der Waals surface area contributed by atoms with Crippen LogP contribution >= 0.6 is 0 Å². The number of fused-ring (bicyclic) bond motifs is 1. The van der Waals surface area contributed by atoms with Gasteiger partial charge in [-0.05, 0) is 43.2 Å². The quantitative estimate of drug-likeness (QED) is 0.896. The molecule has 2 aromatic rings. The van der Waals surface area contributed by atoms with Crippen molar-refractivity contribution in [1.82, 2.24) is 15.1 Å². The summed E-state index contributed by atoms with van der Waals surface area (Å²) in [6.45, 7) is 0.716. The summed E-state index contributed by atoms with van der Waals surface area (Å²) in [5.74, 6) is -0.348. The highest BCUT2D eigenvalue weighted by Crippen LogP contribution is 2.35. The minimum atomic E-state index is -0.505. The number of hydrogen-bond acceptors (Lipinski definition) is 3. The molecular formula is C19H22N4O2. The summed E-state index contributed by atoms with van der Waals surface area (Å²) >= 11 is 0. The number of piperidine rings is 1. The average Bonchev–Trinajstić information content (AvgIpc) is 3.28. The number of carbonyl (C=O) groups is 2. The zero-order chi connectivity index (χ0) is 17.4. The van der Waals surface area contributed by atoms with Crippen molar-refractivity contribution in [3.05, 3.63) is 52.8 Å². The van der Waals surface area contributed by atoms with Gasteiger partial charge in [0.05, 0.1) is 23.5 Å². The van der Waals surface area contributed by atoms with E-state index in [-0.39, 0.29) is 17.9 Å². The van der Waals surface area contributed by atoms with Gasteiger partial charge in [0.15, 0.2) is 0 Å². The molecule has 1 aromatic heterocycles. The Morgan fingerprint density at radius 2 is 1.88 bits per heavy atom. The first-order valence-electron chi connectivity index (χ1n) is 8.85. The van der Waals surface area contributed by atoms with Crippen LogP contribution in [-0.2, 0) is 17.6 Å². The SMILES string of the molecule is NC(=O)c1cn[nH]c1C1CCCCN1C(=O)C1Cc2ccccc2C1. The molecule has 6 heteroatoms. The standard InChI is InChI=1S/C19H22N4O2/c20-18(24)15-11-21-22-17(15)16-7-3-4-8-23(16)19(25)14-9-12-5-1-2-6-13(12)10-14/h1-2,5-6,11,14,16H,3-4,7-10H2,(H2,20,24)(H,21,22). The first-order chi connectivity index (χ1) is 12.1. The number of aromatic amines is 1. The number of carbonyl (C=O) groups excluding carboxylic acids is 2. The van der Waals surface area contributed by atoms with Crippen LogP contribution in [0.25, 0.3) is 0 Å². The smallest absolute Gasteiger partial charge is 0.252 e. The summed E-state index contributed by atoms with van der Waals surface area (Å²) < 4.78 is 0. The number of nitrogens with zero attached hydrogens (tertiary/aromatic N) is 2. The number of primary amides is 1. The first kappa shape index (κ1) is 15.9. The van der Waals surface area contributed by atoms with Crippen LogP contribution < -0.4 is 5.73 Å². The molecule has 4 rings (SSSR count). The normalized spacial score (nSPS) is 20.5. The number of nitrogens with one attached hydrogen (secondary N) is 1. The van der Waals surface area contributed by atoms with Crippen molar-refractivity contribution in [2.45, 2.75) is 38.1 Å². The second-order valence-corrected chi connectivity index (χ2v) is 6.98. The number of nitrogens with two attached hydrogens (primary N) is 1. The maximum atomic E-state index is 13.2. The highest BCUT2D eigenvalue weighted by molar-refractivity contribution is 5.94. The minimum Gasteiger partial charge on any atom is -0.365 e. The molecule has 0 saturated carbocycles. The van der Waals surface area contributed by atoms with Crippen molar-refractivity contribution < 1.29 is 9.59 Å². The Balaban J connectivity index is 1.58. The number of hydrogen-bond donors (Lipinski definition) is 2. The molecule has 1 aromatic carbocycles. The summed E-state index contributed by atoms with van der Waals surface area (Å²) in [5, 5.41) is 6.88. The topological polar surface area (TPSA) is 92.1 Å². The van der Waals surface area contributed by atoms with Crippen molar-refractivity contribution in [2.24, 2.45) is 11.7 Å². The number of benzene rings is 1. The van der Waals surface area contributed by atoms with E-state index in [1.807, 2.05) is 17.0 Å². The number of H-pyrrole nitrogens is 1. The molecule has 1 atom stereocenters. The molecule has 2 amide bonds. The molecule has 1 fully saturated rings. The molecule has 2 heterocycles. The molecular weight excluding hydrogens is 316 g/mol. The van der Waals surface area contributed by atoms with Crippen molar-refractivity contribution in [3.63, 3.8) is 0 Å². The van der Waals surface area contributed by atoms with Gasteiger partial charge in [-0.25, -0.2) is 0 Å². The van der Waals surface area contributed by atoms with Crippen molar-refractivity contribution >= 4 is 11.8 Å². The van der Waals surface area contributed by atoms with Gasteiger partial charge in [-0.2, -0.15) is 5.10 Å². The van der Waals surface area contributed by atoms with E-state index in [1.54, 1.807) is 0 Å². The third-order valence-electron chi connectivity index (χ3n) is 5.45. The molecule has 2 aliphatic rings. The molecule has 130 valence electrons. The number of aromatic nitrogens is 2. The summed E-state index contributed by atoms with van der Waals surface area (Å²) in [7, 11) is 0. The van der Waals surface area contributed by atoms with Gasteiger partial charge < -0.3 is 10.6 Å². The summed E-state index contributed by atoms with van der Waals surface area (Å²) in [5.41, 5.74) is 9.07. The van der Waals surface area contributed by atoms with Gasteiger partial charge in [-0.3, -0.25) is 14.7 Å². The van der Waals surface area contributed by atoms with Crippen molar-refractivity contribution in [3.8, 4) is 0 Å². The molecule has 0 radical (unpaired) electrons. The van der Waals surface area contributed by atoms with Crippen molar-refractivity contribution in [1.29, 1.82) is 0 Å². The van der Waals surface area contributed by atoms with Gasteiger partial charge in [0, 0.05) is 12.5 Å². The molecule has 1 aliphatic carbocycles. The molecule has 25 heavy (non-hydrogen) atoms. The summed E-state index contributed by atoms with van der Waals surface area (Å²) in [6.07, 6.45) is 5.89. The lowest BCUT2D eigenvalue weighted by Gasteiger charge is -2.37. The molecule has 1 aliphatic heterocycles. The van der Waals surface area contributed by atoms with Crippen LogP contribution in [0.1, 0.15) is 52.5 Å². The van der Waals surface area contributed by atoms with Crippen molar-refractivity contribution in [2.75, 3.05) is 6.54 Å². The number of rotatable bonds is 3. The zero-order valence-electron chi connectivity index (χ0n) is 14.1. The molecule has 3 N–H and O–H groups in total. The van der Waals surface area contributed by atoms with E-state index < -0.39 is 5.91 Å². The maximum Gasteiger partial charge on any atom is 0.252 e. The lowest BCUT2D eigenvalue weighted by Crippen LogP contribution is -2.43. The lowest BCUT2D eigenvalue weighted by molar-refractivity contribution is -0.139. The monoisotopic (exact) mass is 338 g/mol. The van der Waals surface area contributed by atoms with E-state index >= 15 is 0 Å². The average molecular weight is 338 g/mol. The zero-order valence-corrected chi connectivity index (χ0v) is 14.1. The Hall–Kier alpha value is -2.63. The lowest BCUT2D eigenvalue weighted by atomic mass is 9.94. The van der Waals surface area contributed by atoms with E-state index in [2.05, 4.69) is 22.3 Å². The van der Waals surface area contributed by atoms with Crippen LogP contribution in [0.4, 0.5) is 0 Å². The Labute approximate surface area is 146 Å². The van der Waals surface area contributed by atoms with E-state index in [4.69, 9.17) is 5.73 Å². The Morgan fingerprint density at radius 3 is 2.56 bits per heavy atom. The van der Waals surface area contributed by atoms with E-state index in [0.717, 1.165) is 32.1 Å². The van der Waals surface area contributed by atoms with Crippen LogP contribution in [0, 0.1) is 5.92 Å². The van der Waals surface area contributed by atoms with Gasteiger partial charge in [0.1, 0.15) is 0 Å². The molecule has 1 unspecified atom stereocenters. The van der Waals surface area contributed by atoms with Gasteiger partial charge in [0.2, 0.25) is 5.91 Å². The fourth-order valence-electron chi connectivity index (χ4n) is 4.21. The Morgan fingerprint density at radius 1 is 1.16 bits per heavy atom. The second kappa shape index (κ2) is 6.35. The summed E-state index contributed by atoms with van der Waals surface area (Å²) in [6, 6.07) is 8.13. The highest BCUT2D eigenvalue weighted by Gasteiger charge is 2.37. The van der Waals surface area contributed by atoms with Crippen LogP contribution in [0.2, 0.25) is 0 Å². The molecule has 0 spiro atoms. The fourth-order valence-corrected chi connectivity index (χ4v) is 4.21. The van der Waals surface area contributed by atoms with Crippen LogP contribution in [-0.4, -0.2) is 33.5 Å². The fraction of sp³-hybridized carbons (Fsp3) is 0.421. The van der Waals surface area contributed by atoms with Gasteiger partial charge in [-0.1, -0.05) is 24.3 Å². The molecule has 6 nitrogen and oxygen atoms in total. The van der Waals surface area contributed by atoms with Crippen LogP contribution in [0.5, 0.6) is 0 Å².